The van der Waals surface area contributed by atoms with Crippen molar-refractivity contribution in [3.05, 3.63) is 82.7 Å². The van der Waals surface area contributed by atoms with E-state index >= 15 is 8.78 Å². The van der Waals surface area contributed by atoms with Crippen LogP contribution in [0.2, 0.25) is 0 Å². The van der Waals surface area contributed by atoms with Crippen LogP contribution >= 0.6 is 0 Å². The minimum absolute atomic E-state index is 0.0215. The molecule has 4 atom stereocenters. The van der Waals surface area contributed by atoms with Gasteiger partial charge in [-0.15, -0.1) is 0 Å². The maximum absolute atomic E-state index is 15.1. The van der Waals surface area contributed by atoms with Gasteiger partial charge in [0, 0.05) is 38.7 Å². The largest absolute Gasteiger partial charge is 0.478 e. The van der Waals surface area contributed by atoms with E-state index in [-0.39, 0.29) is 40.4 Å². The summed E-state index contributed by atoms with van der Waals surface area (Å²) in [5.41, 5.74) is 1.83. The Labute approximate surface area is 263 Å². The fraction of sp³-hybridized carbons (Fsp3) is 0.382. The van der Waals surface area contributed by atoms with Crippen molar-refractivity contribution in [3.63, 3.8) is 0 Å². The first-order valence-electron chi connectivity index (χ1n) is 15.5. The van der Waals surface area contributed by atoms with Crippen molar-refractivity contribution in [2.45, 2.75) is 63.3 Å². The molecule has 0 spiro atoms. The van der Waals surface area contributed by atoms with Crippen molar-refractivity contribution in [1.82, 2.24) is 14.5 Å². The third-order valence-corrected chi connectivity index (χ3v) is 9.81. The normalized spacial score (nSPS) is 25.1. The monoisotopic (exact) mass is 627 g/mol. The standard InChI is InChI=1S/C34H31F2N5O5/c1-34(22-6-5-19(16-37)13-23(22)35)45-29-4-2-3-27(32(29)46-34)40-11-10-39(25-7-8-26(25)40)18-30-38-31-24(36)14-20(33(42)43)15-28(31)41(30)17-21-9-12-44-21/h2-6,13-15,21,25-26H,7-12,17-18H2,1H3,(H,42,43)/t21-,25-,26+,34-/m0/s1. The summed E-state index contributed by atoms with van der Waals surface area (Å²) in [7, 11) is 0. The van der Waals surface area contributed by atoms with Gasteiger partial charge in [-0.1, -0.05) is 6.07 Å². The van der Waals surface area contributed by atoms with Crippen LogP contribution in [0.25, 0.3) is 11.0 Å². The highest BCUT2D eigenvalue weighted by Gasteiger charge is 2.47. The summed E-state index contributed by atoms with van der Waals surface area (Å²) in [5.74, 6) is -2.04. The average Bonchev–Trinajstić information content (AvgIpc) is 3.52. The van der Waals surface area contributed by atoms with E-state index in [0.717, 1.165) is 31.0 Å². The number of benzene rings is 3. The van der Waals surface area contributed by atoms with Crippen molar-refractivity contribution < 1.29 is 32.9 Å². The molecule has 1 aromatic heterocycles. The maximum atomic E-state index is 15.1. The second-order valence-corrected chi connectivity index (χ2v) is 12.5. The van der Waals surface area contributed by atoms with Crippen LogP contribution in [0.3, 0.4) is 0 Å². The zero-order valence-corrected chi connectivity index (χ0v) is 25.1. The van der Waals surface area contributed by atoms with Crippen LogP contribution in [-0.2, 0) is 23.6 Å². The number of nitrogens with zero attached hydrogens (tertiary/aromatic N) is 5. The lowest BCUT2D eigenvalue weighted by atomic mass is 9.81. The molecule has 0 bridgehead atoms. The molecule has 0 radical (unpaired) electrons. The smallest absolute Gasteiger partial charge is 0.335 e. The van der Waals surface area contributed by atoms with Crippen molar-refractivity contribution in [1.29, 1.82) is 5.26 Å². The van der Waals surface area contributed by atoms with Crippen LogP contribution in [0.4, 0.5) is 14.5 Å². The Bertz CT molecular complexity index is 1940. The van der Waals surface area contributed by atoms with E-state index in [1.807, 2.05) is 28.8 Å². The Morgan fingerprint density at radius 2 is 1.91 bits per heavy atom. The number of piperazine rings is 1. The summed E-state index contributed by atoms with van der Waals surface area (Å²) in [6.45, 7) is 4.71. The molecule has 3 fully saturated rings. The third-order valence-electron chi connectivity index (χ3n) is 9.81. The SMILES string of the molecule is C[C@]1(c2ccc(C#N)cc2F)Oc2cccc(N3CCN(Cc4nc5c(F)cc(C(=O)O)cc5n4C[C@@H]4CCO4)[C@H]4CC[C@H]43)c2O1. The van der Waals surface area contributed by atoms with Gasteiger partial charge >= 0.3 is 5.97 Å². The van der Waals surface area contributed by atoms with Gasteiger partial charge in [0.05, 0.1) is 53.2 Å². The minimum atomic E-state index is -1.39. The fourth-order valence-corrected chi connectivity index (χ4v) is 7.21. The third kappa shape index (κ3) is 4.56. The molecule has 1 aliphatic carbocycles. The number of aromatic nitrogens is 2. The number of para-hydroxylation sites is 1. The number of carboxylic acids is 1. The number of rotatable bonds is 7. The molecule has 8 rings (SSSR count). The highest BCUT2D eigenvalue weighted by atomic mass is 19.1. The van der Waals surface area contributed by atoms with Crippen molar-refractivity contribution in [2.75, 3.05) is 24.6 Å². The lowest BCUT2D eigenvalue weighted by Crippen LogP contribution is -2.64. The van der Waals surface area contributed by atoms with Crippen LogP contribution in [-0.4, -0.2) is 63.4 Å². The maximum Gasteiger partial charge on any atom is 0.335 e. The molecule has 3 aromatic carbocycles. The molecular formula is C34H31F2N5O5. The summed E-state index contributed by atoms with van der Waals surface area (Å²) in [6.07, 6.45) is 2.81. The molecule has 0 unspecified atom stereocenters. The van der Waals surface area contributed by atoms with E-state index in [2.05, 4.69) is 14.8 Å². The molecule has 1 N–H and O–H groups in total. The lowest BCUT2D eigenvalue weighted by Gasteiger charge is -2.54. The average molecular weight is 628 g/mol. The summed E-state index contributed by atoms with van der Waals surface area (Å²) in [6, 6.07) is 14.8. The number of fused-ring (bicyclic) bond motifs is 3. The molecular weight excluding hydrogens is 596 g/mol. The van der Waals surface area contributed by atoms with Crippen LogP contribution in [0.1, 0.15) is 53.5 Å². The molecule has 236 valence electrons. The molecule has 1 saturated carbocycles. The van der Waals surface area contributed by atoms with Crippen LogP contribution in [0.15, 0.2) is 48.5 Å². The van der Waals surface area contributed by atoms with Gasteiger partial charge in [-0.05, 0) is 61.7 Å². The highest BCUT2D eigenvalue weighted by Crippen LogP contribution is 2.51. The van der Waals surface area contributed by atoms with Gasteiger partial charge in [0.15, 0.2) is 17.3 Å². The Kier molecular flexibility index (Phi) is 6.67. The van der Waals surface area contributed by atoms with Crippen LogP contribution in [0.5, 0.6) is 11.5 Å². The Hall–Kier alpha value is -4.73. The number of carboxylic acid groups (broad SMARTS) is 1. The number of aromatic carboxylic acids is 1. The topological polar surface area (TPSA) is 113 Å². The number of imidazole rings is 1. The number of carbonyl (C=O) groups is 1. The van der Waals surface area contributed by atoms with Gasteiger partial charge in [0.1, 0.15) is 17.2 Å². The van der Waals surface area contributed by atoms with Gasteiger partial charge in [0.2, 0.25) is 0 Å². The number of anilines is 1. The van der Waals surface area contributed by atoms with E-state index in [1.165, 1.54) is 18.2 Å². The second kappa shape index (κ2) is 10.7. The van der Waals surface area contributed by atoms with Crippen molar-refractivity contribution in [2.24, 2.45) is 0 Å². The van der Waals surface area contributed by atoms with Crippen LogP contribution < -0.4 is 14.4 Å². The predicted octanol–water partition coefficient (Wildman–Crippen LogP) is 5.17. The molecule has 2 saturated heterocycles. The Morgan fingerprint density at radius 3 is 2.61 bits per heavy atom. The molecule has 4 aromatic rings. The van der Waals surface area contributed by atoms with Crippen molar-refractivity contribution >= 4 is 22.7 Å². The van der Waals surface area contributed by atoms with Crippen molar-refractivity contribution in [3.8, 4) is 17.6 Å². The lowest BCUT2D eigenvalue weighted by molar-refractivity contribution is -0.0706. The highest BCUT2D eigenvalue weighted by molar-refractivity contribution is 5.92. The molecule has 10 nitrogen and oxygen atoms in total. The Balaban J connectivity index is 1.06. The first-order valence-corrected chi connectivity index (χ1v) is 15.5. The van der Waals surface area contributed by atoms with Gasteiger partial charge in [-0.2, -0.15) is 5.26 Å². The van der Waals surface area contributed by atoms with E-state index in [9.17, 15) is 9.90 Å². The molecule has 4 aliphatic rings. The molecule has 3 aliphatic heterocycles. The van der Waals surface area contributed by atoms with Gasteiger partial charge < -0.3 is 28.8 Å². The van der Waals surface area contributed by atoms with E-state index < -0.39 is 23.4 Å². The zero-order chi connectivity index (χ0) is 31.7. The number of nitriles is 1. The Morgan fingerprint density at radius 1 is 1.09 bits per heavy atom. The number of halogens is 2. The molecule has 46 heavy (non-hydrogen) atoms. The zero-order valence-electron chi connectivity index (χ0n) is 25.1. The van der Waals surface area contributed by atoms with Gasteiger partial charge in [0.25, 0.3) is 5.79 Å². The quantitative estimate of drug-likeness (QED) is 0.297. The summed E-state index contributed by atoms with van der Waals surface area (Å²) in [5, 5.41) is 18.7. The first kappa shape index (κ1) is 28.7. The number of hydrogen-bond donors (Lipinski definition) is 1. The second-order valence-electron chi connectivity index (χ2n) is 12.5. The van der Waals surface area contributed by atoms with Gasteiger partial charge in [-0.25, -0.2) is 18.6 Å². The van der Waals surface area contributed by atoms with Crippen LogP contribution in [0, 0.1) is 23.0 Å². The first-order chi connectivity index (χ1) is 22.2. The minimum Gasteiger partial charge on any atom is -0.478 e. The fourth-order valence-electron chi connectivity index (χ4n) is 7.21. The summed E-state index contributed by atoms with van der Waals surface area (Å²) >= 11 is 0. The van der Waals surface area contributed by atoms with Gasteiger partial charge in [-0.3, -0.25) is 4.90 Å². The summed E-state index contributed by atoms with van der Waals surface area (Å²) < 4.78 is 50.3. The van der Waals surface area contributed by atoms with E-state index in [1.54, 1.807) is 13.0 Å². The van der Waals surface area contributed by atoms with E-state index in [4.69, 9.17) is 19.5 Å². The number of hydrogen-bond acceptors (Lipinski definition) is 8. The number of ether oxygens (including phenoxy) is 3. The van der Waals surface area contributed by atoms with E-state index in [0.29, 0.717) is 55.6 Å². The molecule has 12 heteroatoms. The molecule has 4 heterocycles. The predicted molar refractivity (Wildman–Crippen MR) is 162 cm³/mol. The molecule has 0 amide bonds. The summed E-state index contributed by atoms with van der Waals surface area (Å²) in [4.78, 5) is 21.1.